The Morgan fingerprint density at radius 2 is 2.13 bits per heavy atom. The van der Waals surface area contributed by atoms with E-state index in [9.17, 15) is 4.79 Å². The predicted molar refractivity (Wildman–Crippen MR) is 91.1 cm³/mol. The van der Waals surface area contributed by atoms with Crippen LogP contribution in [-0.2, 0) is 0 Å². The van der Waals surface area contributed by atoms with Crippen LogP contribution < -0.4 is 10.2 Å². The third-order valence-corrected chi connectivity index (χ3v) is 4.16. The van der Waals surface area contributed by atoms with Gasteiger partial charge in [-0.25, -0.2) is 0 Å². The van der Waals surface area contributed by atoms with Gasteiger partial charge >= 0.3 is 0 Å². The van der Waals surface area contributed by atoms with Crippen LogP contribution in [0.15, 0.2) is 40.2 Å². The first-order valence-electron chi connectivity index (χ1n) is 7.01. The average molecular weight is 328 g/mol. The number of aryl methyl sites for hydroxylation is 1. The van der Waals surface area contributed by atoms with Crippen molar-refractivity contribution in [2.75, 3.05) is 24.3 Å². The lowest BCUT2D eigenvalue weighted by Gasteiger charge is -2.13. The number of nitrogens with one attached hydrogen (secondary N) is 1. The molecule has 0 saturated heterocycles. The average Bonchev–Trinajstić information content (AvgIpc) is 3.16. The van der Waals surface area contributed by atoms with E-state index in [-0.39, 0.29) is 5.91 Å². The first-order valence-corrected chi connectivity index (χ1v) is 7.89. The number of aromatic nitrogens is 2. The lowest BCUT2D eigenvalue weighted by molar-refractivity contribution is 0.102. The number of benzene rings is 1. The molecule has 0 radical (unpaired) electrons. The topological polar surface area (TPSA) is 71.3 Å². The van der Waals surface area contributed by atoms with Crippen molar-refractivity contribution >= 4 is 28.6 Å². The van der Waals surface area contributed by atoms with E-state index < -0.39 is 0 Å². The van der Waals surface area contributed by atoms with Gasteiger partial charge in [-0.05, 0) is 36.6 Å². The highest BCUT2D eigenvalue weighted by molar-refractivity contribution is 7.14. The minimum Gasteiger partial charge on any atom is -0.378 e. The Morgan fingerprint density at radius 3 is 2.83 bits per heavy atom. The molecule has 7 heteroatoms. The summed E-state index contributed by atoms with van der Waals surface area (Å²) >= 11 is 1.44. The lowest BCUT2D eigenvalue weighted by atomic mass is 10.1. The number of hydrogen-bond acceptors (Lipinski definition) is 6. The van der Waals surface area contributed by atoms with E-state index in [1.807, 2.05) is 48.6 Å². The Kier molecular flexibility index (Phi) is 4.12. The van der Waals surface area contributed by atoms with Gasteiger partial charge in [-0.1, -0.05) is 11.2 Å². The maximum atomic E-state index is 12.5. The van der Waals surface area contributed by atoms with Crippen LogP contribution in [0, 0.1) is 6.92 Å². The molecular weight excluding hydrogens is 312 g/mol. The van der Waals surface area contributed by atoms with E-state index in [1.54, 1.807) is 13.0 Å². The van der Waals surface area contributed by atoms with E-state index in [0.29, 0.717) is 23.0 Å². The molecule has 3 aromatic rings. The summed E-state index contributed by atoms with van der Waals surface area (Å²) in [6.45, 7) is 1.76. The molecule has 0 spiro atoms. The third kappa shape index (κ3) is 3.24. The van der Waals surface area contributed by atoms with Crippen molar-refractivity contribution in [3.63, 3.8) is 0 Å². The maximum Gasteiger partial charge on any atom is 0.270 e. The van der Waals surface area contributed by atoms with E-state index in [4.69, 9.17) is 4.52 Å². The molecule has 0 saturated carbocycles. The van der Waals surface area contributed by atoms with E-state index in [1.165, 1.54) is 11.3 Å². The van der Waals surface area contributed by atoms with Gasteiger partial charge in [-0.3, -0.25) is 4.79 Å². The summed E-state index contributed by atoms with van der Waals surface area (Å²) in [7, 11) is 3.87. The first-order chi connectivity index (χ1) is 11.0. The second kappa shape index (κ2) is 6.21. The molecule has 0 atom stereocenters. The second-order valence-electron chi connectivity index (χ2n) is 5.21. The molecule has 118 valence electrons. The molecule has 1 aromatic carbocycles. The summed E-state index contributed by atoms with van der Waals surface area (Å²) in [5.41, 5.74) is 2.23. The molecule has 2 heterocycles. The van der Waals surface area contributed by atoms with Crippen LogP contribution in [0.3, 0.4) is 0 Å². The summed E-state index contributed by atoms with van der Waals surface area (Å²) in [6.07, 6.45) is 0. The Labute approximate surface area is 137 Å². The van der Waals surface area contributed by atoms with Crippen molar-refractivity contribution in [3.05, 3.63) is 47.1 Å². The standard InChI is InChI=1S/C16H16N4O2S/c1-10-17-16(22-19-10)14-13(7-8-23-14)18-15(21)11-5-4-6-12(9-11)20(2)3/h4-9H,1-3H3,(H,18,21). The van der Waals surface area contributed by atoms with Crippen LogP contribution in [-0.4, -0.2) is 30.1 Å². The van der Waals surface area contributed by atoms with Crippen molar-refractivity contribution < 1.29 is 9.32 Å². The largest absolute Gasteiger partial charge is 0.378 e. The van der Waals surface area contributed by atoms with Gasteiger partial charge in [-0.2, -0.15) is 4.98 Å². The fourth-order valence-electron chi connectivity index (χ4n) is 2.08. The fraction of sp³-hybridized carbons (Fsp3) is 0.188. The predicted octanol–water partition coefficient (Wildman–Crippen LogP) is 3.42. The van der Waals surface area contributed by atoms with Crippen molar-refractivity contribution in [2.45, 2.75) is 6.92 Å². The van der Waals surface area contributed by atoms with Gasteiger partial charge in [0.1, 0.15) is 4.88 Å². The lowest BCUT2D eigenvalue weighted by Crippen LogP contribution is -2.14. The number of hydrogen-bond donors (Lipinski definition) is 1. The second-order valence-corrected chi connectivity index (χ2v) is 6.13. The first kappa shape index (κ1) is 15.2. The van der Waals surface area contributed by atoms with Gasteiger partial charge in [0.15, 0.2) is 5.82 Å². The minimum atomic E-state index is -0.176. The number of anilines is 2. The zero-order valence-corrected chi connectivity index (χ0v) is 13.8. The summed E-state index contributed by atoms with van der Waals surface area (Å²) in [4.78, 5) is 19.4. The molecular formula is C16H16N4O2S. The van der Waals surface area contributed by atoms with Gasteiger partial charge in [-0.15, -0.1) is 11.3 Å². The number of nitrogens with zero attached hydrogens (tertiary/aromatic N) is 3. The minimum absolute atomic E-state index is 0.176. The Morgan fingerprint density at radius 1 is 1.30 bits per heavy atom. The highest BCUT2D eigenvalue weighted by Gasteiger charge is 2.16. The van der Waals surface area contributed by atoms with Crippen LogP contribution in [0.5, 0.6) is 0 Å². The third-order valence-electron chi connectivity index (χ3n) is 3.26. The van der Waals surface area contributed by atoms with Gasteiger partial charge in [0.25, 0.3) is 11.8 Å². The van der Waals surface area contributed by atoms with Gasteiger partial charge in [0.05, 0.1) is 5.69 Å². The molecule has 0 aliphatic rings. The number of carbonyl (C=O) groups excluding carboxylic acids is 1. The molecule has 23 heavy (non-hydrogen) atoms. The fourth-order valence-corrected chi connectivity index (χ4v) is 2.85. The van der Waals surface area contributed by atoms with Crippen molar-refractivity contribution in [2.24, 2.45) is 0 Å². The number of rotatable bonds is 4. The Hall–Kier alpha value is -2.67. The zero-order valence-electron chi connectivity index (χ0n) is 13.0. The number of carbonyl (C=O) groups is 1. The quantitative estimate of drug-likeness (QED) is 0.794. The highest BCUT2D eigenvalue weighted by Crippen LogP contribution is 2.32. The van der Waals surface area contributed by atoms with E-state index in [0.717, 1.165) is 10.6 Å². The highest BCUT2D eigenvalue weighted by atomic mass is 32.1. The van der Waals surface area contributed by atoms with E-state index in [2.05, 4.69) is 15.5 Å². The van der Waals surface area contributed by atoms with Crippen LogP contribution in [0.25, 0.3) is 10.8 Å². The summed E-state index contributed by atoms with van der Waals surface area (Å²) in [5.74, 6) is 0.795. The SMILES string of the molecule is Cc1noc(-c2sccc2NC(=O)c2cccc(N(C)C)c2)n1. The van der Waals surface area contributed by atoms with E-state index >= 15 is 0 Å². The zero-order chi connectivity index (χ0) is 16.4. The number of thiophene rings is 1. The van der Waals surface area contributed by atoms with Gasteiger partial charge < -0.3 is 14.7 Å². The maximum absolute atomic E-state index is 12.5. The summed E-state index contributed by atoms with van der Waals surface area (Å²) in [5, 5.41) is 8.57. The molecule has 2 aromatic heterocycles. The summed E-state index contributed by atoms with van der Waals surface area (Å²) in [6, 6.07) is 9.27. The smallest absolute Gasteiger partial charge is 0.270 e. The van der Waals surface area contributed by atoms with Crippen molar-refractivity contribution in [3.8, 4) is 10.8 Å². The normalized spacial score (nSPS) is 10.6. The summed E-state index contributed by atoms with van der Waals surface area (Å²) < 4.78 is 5.18. The van der Waals surface area contributed by atoms with Crippen LogP contribution in [0.4, 0.5) is 11.4 Å². The molecule has 0 fully saturated rings. The van der Waals surface area contributed by atoms with Crippen molar-refractivity contribution in [1.29, 1.82) is 0 Å². The van der Waals surface area contributed by atoms with Crippen molar-refractivity contribution in [1.82, 2.24) is 10.1 Å². The molecule has 0 bridgehead atoms. The Balaban J connectivity index is 1.84. The molecule has 0 aliphatic heterocycles. The molecule has 1 amide bonds. The molecule has 6 nitrogen and oxygen atoms in total. The van der Waals surface area contributed by atoms with Gasteiger partial charge in [0, 0.05) is 25.3 Å². The molecule has 0 aliphatic carbocycles. The van der Waals surface area contributed by atoms with Crippen LogP contribution >= 0.6 is 11.3 Å². The van der Waals surface area contributed by atoms with Gasteiger partial charge in [0.2, 0.25) is 0 Å². The molecule has 1 N–H and O–H groups in total. The van der Waals surface area contributed by atoms with Crippen LogP contribution in [0.2, 0.25) is 0 Å². The Bertz CT molecular complexity index is 838. The molecule has 3 rings (SSSR count). The monoisotopic (exact) mass is 328 g/mol. The number of amides is 1. The van der Waals surface area contributed by atoms with Crippen LogP contribution in [0.1, 0.15) is 16.2 Å². The molecule has 0 unspecified atom stereocenters.